The van der Waals surface area contributed by atoms with Gasteiger partial charge in [-0.1, -0.05) is 37.6 Å². The van der Waals surface area contributed by atoms with Gasteiger partial charge in [0.25, 0.3) is 10.1 Å². The highest BCUT2D eigenvalue weighted by molar-refractivity contribution is 7.86. The lowest BCUT2D eigenvalue weighted by Gasteiger charge is -2.59. The highest BCUT2D eigenvalue weighted by Gasteiger charge is 2.62. The molecule has 0 N–H and O–H groups in total. The molecule has 6 heteroatoms. The number of hydrogen-bond acceptors (Lipinski definition) is 5. The van der Waals surface area contributed by atoms with Crippen molar-refractivity contribution < 1.29 is 22.2 Å². The largest absolute Gasteiger partial charge is 0.299 e. The van der Waals surface area contributed by atoms with E-state index in [0.29, 0.717) is 36.9 Å². The predicted octanol–water partition coefficient (Wildman–Crippen LogP) is 5.42. The van der Waals surface area contributed by atoms with Gasteiger partial charge in [-0.15, -0.1) is 0 Å². The molecule has 0 heterocycles. The highest BCUT2D eigenvalue weighted by Crippen LogP contribution is 2.65. The standard InChI is InChI=1S/C28H36O5S/c1-17-5-8-21(9-6-17)34(31,32)33-20-13-14-27(3)19(15-20)7-10-22-24-12-11-23(18(2)29)28(24,4)16-25(30)26(22)27/h5-6,8-9,11,19-20,22,24,26H,7,10,12-16H2,1-4H3/t19-,20+,22-,24+,26+,27-,28-/m0/s1. The number of carbonyl (C=O) groups is 2. The Labute approximate surface area is 203 Å². The van der Waals surface area contributed by atoms with Crippen LogP contribution >= 0.6 is 0 Å². The van der Waals surface area contributed by atoms with Gasteiger partial charge in [0.1, 0.15) is 5.78 Å². The number of allylic oxidation sites excluding steroid dienone is 2. The monoisotopic (exact) mass is 484 g/mol. The van der Waals surface area contributed by atoms with E-state index in [-0.39, 0.29) is 39.4 Å². The summed E-state index contributed by atoms with van der Waals surface area (Å²) >= 11 is 0. The van der Waals surface area contributed by atoms with Crippen LogP contribution in [-0.4, -0.2) is 26.1 Å². The molecule has 0 radical (unpaired) electrons. The second-order valence-corrected chi connectivity index (χ2v) is 13.3. The second-order valence-electron chi connectivity index (χ2n) is 11.8. The van der Waals surface area contributed by atoms with Crippen LogP contribution in [0.5, 0.6) is 0 Å². The first kappa shape index (κ1) is 23.9. The Bertz CT molecular complexity index is 1150. The minimum Gasteiger partial charge on any atom is -0.299 e. The van der Waals surface area contributed by atoms with Gasteiger partial charge in [0.2, 0.25) is 0 Å². The Kier molecular flexibility index (Phi) is 5.72. The minimum absolute atomic E-state index is 0.00121. The molecule has 5 nitrogen and oxygen atoms in total. The maximum atomic E-state index is 13.7. The zero-order chi connectivity index (χ0) is 24.5. The quantitative estimate of drug-likeness (QED) is 0.534. The fourth-order valence-corrected chi connectivity index (χ4v) is 9.30. The number of Topliss-reactive ketones (excluding diaryl/α,β-unsaturated/α-hetero) is 2. The summed E-state index contributed by atoms with van der Waals surface area (Å²) in [6.45, 7) is 7.93. The van der Waals surface area contributed by atoms with E-state index in [1.165, 1.54) is 0 Å². The van der Waals surface area contributed by atoms with Gasteiger partial charge in [-0.25, -0.2) is 0 Å². The molecular formula is C28H36O5S. The number of fused-ring (bicyclic) bond motifs is 5. The number of aryl methyl sites for hydroxylation is 1. The Hall–Kier alpha value is -1.79. The van der Waals surface area contributed by atoms with Crippen molar-refractivity contribution in [3.8, 4) is 0 Å². The van der Waals surface area contributed by atoms with Crippen molar-refractivity contribution in [1.82, 2.24) is 0 Å². The van der Waals surface area contributed by atoms with Gasteiger partial charge in [0.15, 0.2) is 5.78 Å². The van der Waals surface area contributed by atoms with E-state index in [1.54, 1.807) is 31.2 Å². The lowest BCUT2D eigenvalue weighted by atomic mass is 9.44. The molecule has 0 aliphatic heterocycles. The van der Waals surface area contributed by atoms with Gasteiger partial charge in [0.05, 0.1) is 11.0 Å². The fraction of sp³-hybridized carbons (Fsp3) is 0.643. The summed E-state index contributed by atoms with van der Waals surface area (Å²) in [6, 6.07) is 6.78. The molecular weight excluding hydrogens is 448 g/mol. The predicted molar refractivity (Wildman–Crippen MR) is 130 cm³/mol. The third kappa shape index (κ3) is 3.63. The molecule has 0 bridgehead atoms. The third-order valence-electron chi connectivity index (χ3n) is 9.84. The summed E-state index contributed by atoms with van der Waals surface area (Å²) in [5.41, 5.74) is 1.41. The number of rotatable bonds is 4. The van der Waals surface area contributed by atoms with Gasteiger partial charge in [0, 0.05) is 17.8 Å². The molecule has 4 aliphatic rings. The number of hydrogen-bond donors (Lipinski definition) is 0. The van der Waals surface area contributed by atoms with Crippen LogP contribution in [-0.2, 0) is 23.9 Å². The van der Waals surface area contributed by atoms with Crippen LogP contribution in [0.25, 0.3) is 0 Å². The van der Waals surface area contributed by atoms with Crippen LogP contribution in [0, 0.1) is 41.4 Å². The number of benzene rings is 1. The van der Waals surface area contributed by atoms with Crippen molar-refractivity contribution in [3.05, 3.63) is 41.5 Å². The molecule has 4 aliphatic carbocycles. The summed E-state index contributed by atoms with van der Waals surface area (Å²) in [5, 5.41) is 0. The van der Waals surface area contributed by atoms with E-state index in [4.69, 9.17) is 4.18 Å². The summed E-state index contributed by atoms with van der Waals surface area (Å²) in [7, 11) is -3.81. The first-order chi connectivity index (χ1) is 16.0. The van der Waals surface area contributed by atoms with Gasteiger partial charge in [-0.05, 0) is 93.2 Å². The Morgan fingerprint density at radius 2 is 1.79 bits per heavy atom. The highest BCUT2D eigenvalue weighted by atomic mass is 32.2. The molecule has 0 unspecified atom stereocenters. The Morgan fingerprint density at radius 1 is 1.09 bits per heavy atom. The maximum absolute atomic E-state index is 13.7. The SMILES string of the molecule is CC(=O)C1=CC[C@@H]2[C@@H]3CC[C@H]4C[C@H](OS(=O)(=O)c5ccc(C)cc5)CC[C@]4(C)[C@H]3C(=O)C[C@@]12C. The molecule has 3 saturated carbocycles. The first-order valence-corrected chi connectivity index (χ1v) is 14.1. The van der Waals surface area contributed by atoms with Gasteiger partial charge < -0.3 is 0 Å². The average molecular weight is 485 g/mol. The van der Waals surface area contributed by atoms with Crippen LogP contribution < -0.4 is 0 Å². The molecule has 0 spiro atoms. The summed E-state index contributed by atoms with van der Waals surface area (Å²) in [5.74, 6) is 1.33. The smallest absolute Gasteiger partial charge is 0.297 e. The normalized spacial score (nSPS) is 39.6. The van der Waals surface area contributed by atoms with Gasteiger partial charge in [-0.2, -0.15) is 8.42 Å². The van der Waals surface area contributed by atoms with Gasteiger partial charge in [-0.3, -0.25) is 13.8 Å². The van der Waals surface area contributed by atoms with E-state index in [0.717, 1.165) is 36.8 Å². The van der Waals surface area contributed by atoms with Crippen LogP contribution in [0.4, 0.5) is 0 Å². The number of ketones is 2. The van der Waals surface area contributed by atoms with Crippen molar-refractivity contribution in [2.75, 3.05) is 0 Å². The molecule has 1 aromatic carbocycles. The van der Waals surface area contributed by atoms with E-state index >= 15 is 0 Å². The van der Waals surface area contributed by atoms with E-state index in [2.05, 4.69) is 19.9 Å². The lowest BCUT2D eigenvalue weighted by Crippen LogP contribution is -2.57. The summed E-state index contributed by atoms with van der Waals surface area (Å²) in [4.78, 5) is 26.2. The first-order valence-electron chi connectivity index (χ1n) is 12.7. The molecule has 34 heavy (non-hydrogen) atoms. The Morgan fingerprint density at radius 3 is 2.47 bits per heavy atom. The molecule has 0 amide bonds. The van der Waals surface area contributed by atoms with E-state index in [1.807, 2.05) is 6.92 Å². The molecule has 184 valence electrons. The fourth-order valence-electron chi connectivity index (χ4n) is 8.18. The summed E-state index contributed by atoms with van der Waals surface area (Å²) < 4.78 is 31.5. The third-order valence-corrected chi connectivity index (χ3v) is 11.2. The van der Waals surface area contributed by atoms with Gasteiger partial charge >= 0.3 is 0 Å². The maximum Gasteiger partial charge on any atom is 0.297 e. The lowest BCUT2D eigenvalue weighted by molar-refractivity contribution is -0.157. The molecule has 5 rings (SSSR count). The van der Waals surface area contributed by atoms with E-state index < -0.39 is 10.1 Å². The van der Waals surface area contributed by atoms with Crippen molar-refractivity contribution >= 4 is 21.7 Å². The van der Waals surface area contributed by atoms with Crippen molar-refractivity contribution in [2.24, 2.45) is 34.5 Å². The molecule has 7 atom stereocenters. The van der Waals surface area contributed by atoms with E-state index in [9.17, 15) is 18.0 Å². The number of carbonyl (C=O) groups excluding carboxylic acids is 2. The van der Waals surface area contributed by atoms with Crippen molar-refractivity contribution in [3.63, 3.8) is 0 Å². The van der Waals surface area contributed by atoms with Crippen molar-refractivity contribution in [1.29, 1.82) is 0 Å². The average Bonchev–Trinajstić information content (AvgIpc) is 3.10. The molecule has 1 aromatic rings. The molecule has 3 fully saturated rings. The van der Waals surface area contributed by atoms with Crippen molar-refractivity contribution in [2.45, 2.75) is 83.6 Å². The van der Waals surface area contributed by atoms with Crippen LogP contribution in [0.2, 0.25) is 0 Å². The molecule has 0 aromatic heterocycles. The second kappa shape index (κ2) is 8.12. The molecule has 0 saturated heterocycles. The Balaban J connectivity index is 1.34. The van der Waals surface area contributed by atoms with Crippen LogP contribution in [0.1, 0.15) is 71.3 Å². The minimum atomic E-state index is -3.81. The van der Waals surface area contributed by atoms with Crippen LogP contribution in [0.15, 0.2) is 40.8 Å². The summed E-state index contributed by atoms with van der Waals surface area (Å²) in [6.07, 6.45) is 7.17. The zero-order valence-electron chi connectivity index (χ0n) is 20.7. The topological polar surface area (TPSA) is 77.5 Å². The van der Waals surface area contributed by atoms with Crippen LogP contribution in [0.3, 0.4) is 0 Å². The zero-order valence-corrected chi connectivity index (χ0v) is 21.5.